The number of aliphatic imine (C=N–C) groups is 1. The second-order valence-electron chi connectivity index (χ2n) is 11.1. The normalized spacial score (nSPS) is 22.8. The van der Waals surface area contributed by atoms with Crippen LogP contribution in [0.15, 0.2) is 34.9 Å². The molecule has 14 heteroatoms. The maximum atomic E-state index is 15.2. The quantitative estimate of drug-likeness (QED) is 0.551. The van der Waals surface area contributed by atoms with Gasteiger partial charge < -0.3 is 30.3 Å². The number of ether oxygens (including phenoxy) is 2. The Morgan fingerprint density at radius 3 is 2.35 bits per heavy atom. The highest BCUT2D eigenvalue weighted by atomic mass is 19.1. The number of anilines is 3. The Bertz CT molecular complexity index is 1580. The molecule has 2 saturated heterocycles. The number of urea groups is 1. The molecule has 1 atom stereocenters. The van der Waals surface area contributed by atoms with Crippen LogP contribution in [0.4, 0.5) is 31.0 Å². The van der Waals surface area contributed by atoms with Crippen molar-refractivity contribution < 1.29 is 27.8 Å². The molecule has 0 saturated carbocycles. The summed E-state index contributed by atoms with van der Waals surface area (Å²) in [4.78, 5) is 45.2. The van der Waals surface area contributed by atoms with Gasteiger partial charge in [-0.15, -0.1) is 0 Å². The Morgan fingerprint density at radius 2 is 1.65 bits per heavy atom. The molecule has 1 aromatic carbocycles. The highest BCUT2D eigenvalue weighted by Gasteiger charge is 2.36. The number of hydrogen-bond donors (Lipinski definition) is 2. The van der Waals surface area contributed by atoms with E-state index in [0.29, 0.717) is 82.9 Å². The predicted octanol–water partition coefficient (Wildman–Crippen LogP) is 2.11. The second-order valence-corrected chi connectivity index (χ2v) is 11.1. The number of rotatable bonds is 4. The smallest absolute Gasteiger partial charge is 0.327 e. The topological polar surface area (TPSA) is 139 Å². The highest BCUT2D eigenvalue weighted by Crippen LogP contribution is 2.39. The van der Waals surface area contributed by atoms with Gasteiger partial charge in [-0.1, -0.05) is 0 Å². The fourth-order valence-corrected chi connectivity index (χ4v) is 5.88. The van der Waals surface area contributed by atoms with Gasteiger partial charge in [-0.2, -0.15) is 4.98 Å². The molecule has 0 spiro atoms. The van der Waals surface area contributed by atoms with Crippen LogP contribution >= 0.6 is 0 Å². The van der Waals surface area contributed by atoms with Crippen molar-refractivity contribution in [1.82, 2.24) is 14.9 Å². The summed E-state index contributed by atoms with van der Waals surface area (Å²) in [6, 6.07) is 1.12. The Morgan fingerprint density at radius 1 is 0.977 bits per heavy atom. The number of fused-ring (bicyclic) bond motifs is 2. The zero-order chi connectivity index (χ0) is 29.7. The zero-order valence-corrected chi connectivity index (χ0v) is 23.3. The second kappa shape index (κ2) is 10.8. The van der Waals surface area contributed by atoms with E-state index in [1.54, 1.807) is 6.21 Å². The molecular formula is C29H30F2N8O4. The van der Waals surface area contributed by atoms with E-state index in [2.05, 4.69) is 10.3 Å². The van der Waals surface area contributed by atoms with Crippen molar-refractivity contribution in [2.45, 2.75) is 18.5 Å². The molecule has 3 N–H and O–H groups in total. The SMILES string of the molecule is NC12C=C(C=C(c3nc(N4CCOCC4)nc4c3CCN4C(=O)Nc3c(F)cc(C(=O)N4CCOCC4)cc3F)C=N1)C2. The average Bonchev–Trinajstić information content (AvgIpc) is 3.27. The lowest BCUT2D eigenvalue weighted by atomic mass is 9.87. The van der Waals surface area contributed by atoms with E-state index in [1.165, 1.54) is 9.80 Å². The monoisotopic (exact) mass is 592 g/mol. The molecule has 12 nitrogen and oxygen atoms in total. The van der Waals surface area contributed by atoms with Crippen LogP contribution < -0.4 is 20.9 Å². The Hall–Kier alpha value is -4.27. The van der Waals surface area contributed by atoms with Gasteiger partial charge in [0.1, 0.15) is 17.2 Å². The number of hydrogen-bond acceptors (Lipinski definition) is 9. The Labute approximate surface area is 245 Å². The van der Waals surface area contributed by atoms with Crippen molar-refractivity contribution in [3.8, 4) is 0 Å². The number of carbonyl (C=O) groups is 2. The van der Waals surface area contributed by atoms with Gasteiger partial charge in [0.25, 0.3) is 5.91 Å². The molecule has 6 heterocycles. The summed E-state index contributed by atoms with van der Waals surface area (Å²) in [5, 5.41) is 2.37. The van der Waals surface area contributed by atoms with Gasteiger partial charge in [-0.05, 0) is 36.3 Å². The number of allylic oxidation sites excluding steroid dienone is 2. The van der Waals surface area contributed by atoms with Crippen LogP contribution in [0.2, 0.25) is 0 Å². The summed E-state index contributed by atoms with van der Waals surface area (Å²) in [5.74, 6) is -1.83. The number of nitrogens with two attached hydrogens (primary N) is 1. The van der Waals surface area contributed by atoms with Gasteiger partial charge in [-0.3, -0.25) is 14.7 Å². The van der Waals surface area contributed by atoms with Crippen LogP contribution in [0.5, 0.6) is 0 Å². The summed E-state index contributed by atoms with van der Waals surface area (Å²) in [5.41, 5.74) is 7.91. The molecule has 1 unspecified atom stereocenters. The number of morpholine rings is 2. The number of nitrogens with one attached hydrogen (secondary N) is 1. The average molecular weight is 593 g/mol. The molecule has 43 heavy (non-hydrogen) atoms. The Kier molecular flexibility index (Phi) is 6.91. The number of amides is 3. The van der Waals surface area contributed by atoms with E-state index in [0.717, 1.165) is 28.8 Å². The summed E-state index contributed by atoms with van der Waals surface area (Å²) < 4.78 is 41.0. The van der Waals surface area contributed by atoms with Crippen LogP contribution in [0, 0.1) is 11.6 Å². The maximum absolute atomic E-state index is 15.2. The molecule has 2 aromatic rings. The van der Waals surface area contributed by atoms with Crippen LogP contribution in [-0.2, 0) is 15.9 Å². The molecule has 6 aliphatic rings. The first-order chi connectivity index (χ1) is 20.8. The van der Waals surface area contributed by atoms with Crippen LogP contribution in [0.1, 0.15) is 28.0 Å². The predicted molar refractivity (Wildman–Crippen MR) is 154 cm³/mol. The van der Waals surface area contributed by atoms with Crippen molar-refractivity contribution in [2.24, 2.45) is 10.7 Å². The first-order valence-electron chi connectivity index (χ1n) is 14.2. The standard InChI is InChI=1S/C29H30F2N8O4/c30-21-12-18(26(40)37-3-7-42-8-4-37)13-22(31)24(21)35-28(41)39-2-1-20-23(19-11-17-14-29(32,15-17)33-16-19)34-27(36-25(20)39)38-5-9-43-10-6-38/h11-14,16H,1-10,15,32H2,(H,35,41). The van der Waals surface area contributed by atoms with Crippen molar-refractivity contribution in [1.29, 1.82) is 0 Å². The third-order valence-electron chi connectivity index (χ3n) is 8.15. The maximum Gasteiger partial charge on any atom is 0.327 e. The minimum Gasteiger partial charge on any atom is -0.378 e. The third kappa shape index (κ3) is 5.15. The first-order valence-corrected chi connectivity index (χ1v) is 14.2. The van der Waals surface area contributed by atoms with E-state index in [4.69, 9.17) is 25.2 Å². The molecule has 1 aliphatic carbocycles. The van der Waals surface area contributed by atoms with Crippen molar-refractivity contribution in [2.75, 3.05) is 74.3 Å². The molecular weight excluding hydrogens is 562 g/mol. The lowest BCUT2D eigenvalue weighted by Gasteiger charge is -2.29. The van der Waals surface area contributed by atoms with Crippen LogP contribution in [0.3, 0.4) is 0 Å². The molecule has 0 radical (unpaired) electrons. The number of benzene rings is 1. The summed E-state index contributed by atoms with van der Waals surface area (Å²) in [6.07, 6.45) is 6.65. The molecule has 2 fully saturated rings. The fraction of sp³-hybridized carbons (Fsp3) is 0.414. The minimum atomic E-state index is -1.05. The van der Waals surface area contributed by atoms with E-state index >= 15 is 8.78 Å². The minimum absolute atomic E-state index is 0.139. The van der Waals surface area contributed by atoms with Crippen molar-refractivity contribution >= 4 is 41.2 Å². The van der Waals surface area contributed by atoms with Gasteiger partial charge in [0, 0.05) is 62.1 Å². The van der Waals surface area contributed by atoms with Crippen molar-refractivity contribution in [3.05, 3.63) is 58.3 Å². The molecule has 224 valence electrons. The summed E-state index contributed by atoms with van der Waals surface area (Å²) >= 11 is 0. The zero-order valence-electron chi connectivity index (χ0n) is 23.3. The van der Waals surface area contributed by atoms with Gasteiger partial charge in [0.15, 0.2) is 11.6 Å². The number of aromatic nitrogens is 2. The highest BCUT2D eigenvalue weighted by molar-refractivity contribution is 6.12. The van der Waals surface area contributed by atoms with E-state index in [9.17, 15) is 9.59 Å². The fourth-order valence-electron chi connectivity index (χ4n) is 5.88. The molecule has 8 rings (SSSR count). The largest absolute Gasteiger partial charge is 0.378 e. The van der Waals surface area contributed by atoms with Gasteiger partial charge in [0.2, 0.25) is 5.95 Å². The molecule has 1 aromatic heterocycles. The Balaban J connectivity index is 1.19. The van der Waals surface area contributed by atoms with Crippen LogP contribution in [0.25, 0.3) is 5.57 Å². The number of halogens is 2. The number of nitrogens with zero attached hydrogens (tertiary/aromatic N) is 6. The third-order valence-corrected chi connectivity index (χ3v) is 8.15. The van der Waals surface area contributed by atoms with E-state index in [-0.39, 0.29) is 12.1 Å². The van der Waals surface area contributed by atoms with Crippen LogP contribution in [-0.4, -0.2) is 97.8 Å². The van der Waals surface area contributed by atoms with Gasteiger partial charge >= 0.3 is 6.03 Å². The first kappa shape index (κ1) is 27.6. The lowest BCUT2D eigenvalue weighted by Crippen LogP contribution is -2.41. The molecule has 5 aliphatic heterocycles. The molecule has 3 amide bonds. The van der Waals surface area contributed by atoms with E-state index in [1.807, 2.05) is 17.1 Å². The molecule has 2 bridgehead atoms. The summed E-state index contributed by atoms with van der Waals surface area (Å²) in [6.45, 7) is 3.76. The summed E-state index contributed by atoms with van der Waals surface area (Å²) in [7, 11) is 0. The van der Waals surface area contributed by atoms with Gasteiger partial charge in [-0.25, -0.2) is 18.6 Å². The van der Waals surface area contributed by atoms with E-state index < -0.39 is 34.9 Å². The van der Waals surface area contributed by atoms with Crippen molar-refractivity contribution in [3.63, 3.8) is 0 Å². The van der Waals surface area contributed by atoms with Gasteiger partial charge in [0.05, 0.1) is 32.1 Å². The lowest BCUT2D eigenvalue weighted by molar-refractivity contribution is 0.0302. The number of carbonyl (C=O) groups excluding carboxylic acids is 2.